The molecule has 3 heterocycles. The number of sulfonamides is 1. The van der Waals surface area contributed by atoms with E-state index in [0.717, 1.165) is 24.8 Å². The quantitative estimate of drug-likeness (QED) is 0.565. The Morgan fingerprint density at radius 3 is 2.55 bits per heavy atom. The van der Waals surface area contributed by atoms with Gasteiger partial charge in [-0.3, -0.25) is 4.79 Å². The van der Waals surface area contributed by atoms with Crippen LogP contribution in [0.25, 0.3) is 11.0 Å². The summed E-state index contributed by atoms with van der Waals surface area (Å²) in [7, 11) is -3.85. The van der Waals surface area contributed by atoms with Crippen molar-refractivity contribution >= 4 is 44.4 Å². The molecule has 2 aromatic carbocycles. The highest BCUT2D eigenvalue weighted by atomic mass is 32.2. The average Bonchev–Trinajstić information content (AvgIpc) is 3.50. The van der Waals surface area contributed by atoms with Crippen LogP contribution in [0, 0.1) is 13.8 Å². The summed E-state index contributed by atoms with van der Waals surface area (Å²) >= 11 is 0.993. The number of aryl methyl sites for hydroxylation is 1. The number of carbonyl (C=O) groups excluding carboxylic acids is 1. The number of amides is 1. The van der Waals surface area contributed by atoms with Crippen LogP contribution in [-0.2, 0) is 14.8 Å². The number of fused-ring (bicyclic) bond motifs is 1. The van der Waals surface area contributed by atoms with Gasteiger partial charge in [0.2, 0.25) is 15.9 Å². The number of carbonyl (C=O) groups is 1. The summed E-state index contributed by atoms with van der Waals surface area (Å²) in [5.41, 5.74) is 4.66. The summed E-state index contributed by atoms with van der Waals surface area (Å²) in [5.74, 6) is -0.0970. The molecule has 2 aliphatic rings. The van der Waals surface area contributed by atoms with Crippen molar-refractivity contribution in [3.8, 4) is 0 Å². The van der Waals surface area contributed by atoms with Crippen molar-refractivity contribution in [2.24, 2.45) is 0 Å². The van der Waals surface area contributed by atoms with Gasteiger partial charge in [0.05, 0.1) is 11.7 Å². The standard InChI is InChI=1S/C23H27N5O3S2/c1-16-6-3-8-19(17(16)2)26-12-14-27(15-13-26)23(29)20-9-5-11-28(20)33(30,31)21-10-4-7-18-22(21)25-32-24-18/h3-4,6-8,10,20H,5,9,11-15H2,1-2H3. The lowest BCUT2D eigenvalue weighted by Gasteiger charge is -2.38. The van der Waals surface area contributed by atoms with Gasteiger partial charge in [0, 0.05) is 38.4 Å². The zero-order valence-electron chi connectivity index (χ0n) is 18.8. The van der Waals surface area contributed by atoms with Crippen LogP contribution < -0.4 is 4.90 Å². The highest BCUT2D eigenvalue weighted by Crippen LogP contribution is 2.31. The van der Waals surface area contributed by atoms with E-state index >= 15 is 0 Å². The summed E-state index contributed by atoms with van der Waals surface area (Å²) in [6.45, 7) is 7.22. The topological polar surface area (TPSA) is 86.7 Å². The highest BCUT2D eigenvalue weighted by Gasteiger charge is 2.42. The van der Waals surface area contributed by atoms with Gasteiger partial charge in [-0.15, -0.1) is 0 Å². The normalized spacial score (nSPS) is 20.0. The molecule has 1 unspecified atom stereocenters. The van der Waals surface area contributed by atoms with Crippen LogP contribution in [0.2, 0.25) is 0 Å². The van der Waals surface area contributed by atoms with Crippen LogP contribution in [0.1, 0.15) is 24.0 Å². The molecule has 1 amide bonds. The Morgan fingerprint density at radius 1 is 1.00 bits per heavy atom. The molecule has 1 atom stereocenters. The van der Waals surface area contributed by atoms with Gasteiger partial charge < -0.3 is 9.80 Å². The molecule has 174 valence electrons. The molecule has 0 N–H and O–H groups in total. The van der Waals surface area contributed by atoms with E-state index in [2.05, 4.69) is 45.7 Å². The summed E-state index contributed by atoms with van der Waals surface area (Å²) in [6, 6.07) is 10.6. The monoisotopic (exact) mass is 485 g/mol. The van der Waals surface area contributed by atoms with E-state index in [1.165, 1.54) is 21.1 Å². The summed E-state index contributed by atoms with van der Waals surface area (Å²) in [6.07, 6.45) is 1.21. The van der Waals surface area contributed by atoms with Gasteiger partial charge in [-0.25, -0.2) is 8.42 Å². The fraction of sp³-hybridized carbons (Fsp3) is 0.435. The molecule has 2 aliphatic heterocycles. The second-order valence-electron chi connectivity index (χ2n) is 8.69. The van der Waals surface area contributed by atoms with Crippen LogP contribution in [0.3, 0.4) is 0 Å². The van der Waals surface area contributed by atoms with Gasteiger partial charge in [0.15, 0.2) is 0 Å². The van der Waals surface area contributed by atoms with E-state index in [-0.39, 0.29) is 10.8 Å². The third kappa shape index (κ3) is 3.89. The molecular formula is C23H27N5O3S2. The second kappa shape index (κ2) is 8.66. The lowest BCUT2D eigenvalue weighted by Crippen LogP contribution is -2.54. The Bertz CT molecular complexity index is 1300. The van der Waals surface area contributed by atoms with E-state index in [1.807, 2.05) is 4.90 Å². The van der Waals surface area contributed by atoms with Gasteiger partial charge in [0.1, 0.15) is 22.0 Å². The van der Waals surface area contributed by atoms with Gasteiger partial charge in [-0.05, 0) is 56.0 Å². The average molecular weight is 486 g/mol. The molecule has 10 heteroatoms. The zero-order valence-corrected chi connectivity index (χ0v) is 20.4. The molecule has 3 aromatic rings. The number of hydrogen-bond acceptors (Lipinski definition) is 7. The van der Waals surface area contributed by atoms with E-state index in [1.54, 1.807) is 18.2 Å². The zero-order chi connectivity index (χ0) is 23.2. The molecule has 0 aliphatic carbocycles. The first kappa shape index (κ1) is 22.2. The fourth-order valence-electron chi connectivity index (χ4n) is 4.85. The molecule has 0 saturated carbocycles. The number of piperazine rings is 1. The highest BCUT2D eigenvalue weighted by molar-refractivity contribution is 7.89. The predicted molar refractivity (Wildman–Crippen MR) is 129 cm³/mol. The van der Waals surface area contributed by atoms with E-state index in [4.69, 9.17) is 0 Å². The fourth-order valence-corrected chi connectivity index (χ4v) is 7.25. The first-order chi connectivity index (χ1) is 15.9. The Labute approximate surface area is 198 Å². The molecular weight excluding hydrogens is 458 g/mol. The summed E-state index contributed by atoms with van der Waals surface area (Å²) in [5, 5.41) is 0. The maximum absolute atomic E-state index is 13.5. The molecule has 5 rings (SSSR count). The minimum Gasteiger partial charge on any atom is -0.368 e. The molecule has 8 nitrogen and oxygen atoms in total. The Morgan fingerprint density at radius 2 is 1.76 bits per heavy atom. The molecule has 1 aromatic heterocycles. The van der Waals surface area contributed by atoms with Gasteiger partial charge in [0.25, 0.3) is 0 Å². The number of hydrogen-bond donors (Lipinski definition) is 0. The Hall–Kier alpha value is -2.56. The lowest BCUT2D eigenvalue weighted by molar-refractivity contribution is -0.134. The van der Waals surface area contributed by atoms with Crippen molar-refractivity contribution < 1.29 is 13.2 Å². The van der Waals surface area contributed by atoms with Gasteiger partial charge in [-0.1, -0.05) is 18.2 Å². The molecule has 2 fully saturated rings. The van der Waals surface area contributed by atoms with Crippen LogP contribution in [0.15, 0.2) is 41.3 Å². The first-order valence-corrected chi connectivity index (χ1v) is 13.4. The van der Waals surface area contributed by atoms with Crippen molar-refractivity contribution in [2.75, 3.05) is 37.6 Å². The Balaban J connectivity index is 1.33. The summed E-state index contributed by atoms with van der Waals surface area (Å²) in [4.78, 5) is 17.7. The SMILES string of the molecule is Cc1cccc(N2CCN(C(=O)C3CCCN3S(=O)(=O)c3cccc4nsnc34)CC2)c1C. The number of nitrogens with zero attached hydrogens (tertiary/aromatic N) is 5. The first-order valence-electron chi connectivity index (χ1n) is 11.2. The Kier molecular flexibility index (Phi) is 5.84. The maximum Gasteiger partial charge on any atom is 0.246 e. The van der Waals surface area contributed by atoms with Crippen molar-refractivity contribution in [1.82, 2.24) is 18.0 Å². The third-order valence-electron chi connectivity index (χ3n) is 6.83. The van der Waals surface area contributed by atoms with Crippen molar-refractivity contribution in [2.45, 2.75) is 37.6 Å². The number of rotatable bonds is 4. The third-order valence-corrected chi connectivity index (χ3v) is 9.31. The van der Waals surface area contributed by atoms with Crippen LogP contribution in [0.5, 0.6) is 0 Å². The van der Waals surface area contributed by atoms with Crippen LogP contribution in [-0.4, -0.2) is 71.0 Å². The van der Waals surface area contributed by atoms with E-state index in [9.17, 15) is 13.2 Å². The molecule has 2 saturated heterocycles. The molecule has 0 radical (unpaired) electrons. The molecule has 0 spiro atoms. The maximum atomic E-state index is 13.5. The summed E-state index contributed by atoms with van der Waals surface area (Å²) < 4.78 is 36.8. The van der Waals surface area contributed by atoms with Crippen LogP contribution >= 0.6 is 11.7 Å². The van der Waals surface area contributed by atoms with Gasteiger partial charge >= 0.3 is 0 Å². The lowest BCUT2D eigenvalue weighted by atomic mass is 10.1. The number of aromatic nitrogens is 2. The number of anilines is 1. The smallest absolute Gasteiger partial charge is 0.246 e. The van der Waals surface area contributed by atoms with E-state index < -0.39 is 16.1 Å². The van der Waals surface area contributed by atoms with Gasteiger partial charge in [-0.2, -0.15) is 13.1 Å². The van der Waals surface area contributed by atoms with E-state index in [0.29, 0.717) is 43.5 Å². The predicted octanol–water partition coefficient (Wildman–Crippen LogP) is 2.81. The number of benzene rings is 2. The van der Waals surface area contributed by atoms with Crippen molar-refractivity contribution in [3.05, 3.63) is 47.5 Å². The molecule has 33 heavy (non-hydrogen) atoms. The molecule has 0 bridgehead atoms. The largest absolute Gasteiger partial charge is 0.368 e. The minimum absolute atomic E-state index is 0.0970. The minimum atomic E-state index is -3.85. The van der Waals surface area contributed by atoms with Crippen LogP contribution in [0.4, 0.5) is 5.69 Å². The van der Waals surface area contributed by atoms with Crippen molar-refractivity contribution in [3.63, 3.8) is 0 Å². The van der Waals surface area contributed by atoms with Crippen molar-refractivity contribution in [1.29, 1.82) is 0 Å². The second-order valence-corrected chi connectivity index (χ2v) is 11.1.